The molecule has 1 rings (SSSR count). The molecule has 0 aliphatic carbocycles. The summed E-state index contributed by atoms with van der Waals surface area (Å²) in [5.41, 5.74) is 0. The molecular formula is C15H20O5. The lowest BCUT2D eigenvalue weighted by atomic mass is 10.1. The fraction of sp³-hybridized carbons (Fsp3) is 0.467. The number of para-hydroxylation sites is 1. The van der Waals surface area contributed by atoms with Crippen LogP contribution in [0.4, 0.5) is 0 Å². The van der Waals surface area contributed by atoms with E-state index in [1.165, 1.54) is 0 Å². The quantitative estimate of drug-likeness (QED) is 0.539. The lowest BCUT2D eigenvalue weighted by molar-refractivity contribution is -0.162. The maximum atomic E-state index is 11.7. The topological polar surface area (TPSA) is 61.8 Å². The Balaban J connectivity index is 2.51. The van der Waals surface area contributed by atoms with Gasteiger partial charge < -0.3 is 14.2 Å². The SMILES string of the molecule is CCOC(=O)C(CCOc1ccccc1)C(=O)OCC. The fourth-order valence-corrected chi connectivity index (χ4v) is 1.63. The van der Waals surface area contributed by atoms with Gasteiger partial charge in [0, 0.05) is 6.42 Å². The van der Waals surface area contributed by atoms with Crippen LogP contribution in [0, 0.1) is 5.92 Å². The standard InChI is InChI=1S/C15H20O5/c1-3-18-14(16)13(15(17)19-4-2)10-11-20-12-8-6-5-7-9-12/h5-9,13H,3-4,10-11H2,1-2H3. The molecule has 5 nitrogen and oxygen atoms in total. The molecule has 0 unspecified atom stereocenters. The zero-order valence-corrected chi connectivity index (χ0v) is 11.8. The number of esters is 2. The van der Waals surface area contributed by atoms with Gasteiger partial charge >= 0.3 is 11.9 Å². The van der Waals surface area contributed by atoms with E-state index in [1.807, 2.05) is 30.3 Å². The molecule has 0 saturated heterocycles. The van der Waals surface area contributed by atoms with Crippen molar-refractivity contribution in [3.63, 3.8) is 0 Å². The Morgan fingerprint density at radius 2 is 1.55 bits per heavy atom. The van der Waals surface area contributed by atoms with Crippen LogP contribution in [0.5, 0.6) is 5.75 Å². The molecule has 0 bridgehead atoms. The van der Waals surface area contributed by atoms with Crippen molar-refractivity contribution in [1.82, 2.24) is 0 Å². The lowest BCUT2D eigenvalue weighted by Gasteiger charge is -2.14. The predicted molar refractivity (Wildman–Crippen MR) is 73.3 cm³/mol. The largest absolute Gasteiger partial charge is 0.494 e. The maximum Gasteiger partial charge on any atom is 0.320 e. The summed E-state index contributed by atoms with van der Waals surface area (Å²) >= 11 is 0. The van der Waals surface area contributed by atoms with Crippen LogP contribution in [-0.2, 0) is 19.1 Å². The summed E-state index contributed by atoms with van der Waals surface area (Å²) in [5, 5.41) is 0. The average molecular weight is 280 g/mol. The van der Waals surface area contributed by atoms with Crippen molar-refractivity contribution in [2.75, 3.05) is 19.8 Å². The van der Waals surface area contributed by atoms with Gasteiger partial charge in [0.15, 0.2) is 5.92 Å². The number of hydrogen-bond acceptors (Lipinski definition) is 5. The third-order valence-electron chi connectivity index (χ3n) is 2.56. The van der Waals surface area contributed by atoms with Gasteiger partial charge in [-0.25, -0.2) is 0 Å². The number of rotatable bonds is 8. The average Bonchev–Trinajstić information content (AvgIpc) is 2.45. The van der Waals surface area contributed by atoms with Crippen molar-refractivity contribution in [3.05, 3.63) is 30.3 Å². The number of benzene rings is 1. The van der Waals surface area contributed by atoms with Crippen LogP contribution < -0.4 is 4.74 Å². The van der Waals surface area contributed by atoms with Crippen molar-refractivity contribution in [3.8, 4) is 5.75 Å². The Morgan fingerprint density at radius 3 is 2.05 bits per heavy atom. The fourth-order valence-electron chi connectivity index (χ4n) is 1.63. The van der Waals surface area contributed by atoms with E-state index < -0.39 is 17.9 Å². The molecule has 110 valence electrons. The first-order valence-corrected chi connectivity index (χ1v) is 6.70. The number of carbonyl (C=O) groups is 2. The van der Waals surface area contributed by atoms with Gasteiger partial charge in [-0.3, -0.25) is 9.59 Å². The molecule has 0 atom stereocenters. The zero-order chi connectivity index (χ0) is 14.8. The van der Waals surface area contributed by atoms with E-state index in [4.69, 9.17) is 14.2 Å². The molecule has 0 saturated carbocycles. The van der Waals surface area contributed by atoms with Crippen molar-refractivity contribution in [2.24, 2.45) is 5.92 Å². The van der Waals surface area contributed by atoms with Crippen LogP contribution in [0.3, 0.4) is 0 Å². The van der Waals surface area contributed by atoms with E-state index in [-0.39, 0.29) is 26.2 Å². The minimum absolute atomic E-state index is 0.229. The Hall–Kier alpha value is -2.04. The summed E-state index contributed by atoms with van der Waals surface area (Å²) in [6, 6.07) is 9.20. The summed E-state index contributed by atoms with van der Waals surface area (Å²) in [6.45, 7) is 4.09. The molecule has 1 aromatic carbocycles. The van der Waals surface area contributed by atoms with Crippen molar-refractivity contribution in [1.29, 1.82) is 0 Å². The monoisotopic (exact) mass is 280 g/mol. The van der Waals surface area contributed by atoms with Crippen molar-refractivity contribution in [2.45, 2.75) is 20.3 Å². The second-order valence-electron chi connectivity index (χ2n) is 4.01. The molecule has 20 heavy (non-hydrogen) atoms. The van der Waals surface area contributed by atoms with E-state index in [9.17, 15) is 9.59 Å². The molecule has 0 heterocycles. The smallest absolute Gasteiger partial charge is 0.320 e. The molecule has 0 N–H and O–H groups in total. The molecule has 0 fully saturated rings. The van der Waals surface area contributed by atoms with Gasteiger partial charge in [0.2, 0.25) is 0 Å². The van der Waals surface area contributed by atoms with Gasteiger partial charge in [0.05, 0.1) is 19.8 Å². The van der Waals surface area contributed by atoms with Crippen LogP contribution in [0.25, 0.3) is 0 Å². The predicted octanol–water partition coefficient (Wildman–Crippen LogP) is 2.20. The first-order valence-electron chi connectivity index (χ1n) is 6.70. The highest BCUT2D eigenvalue weighted by Crippen LogP contribution is 2.13. The Labute approximate surface area is 118 Å². The lowest BCUT2D eigenvalue weighted by Crippen LogP contribution is -2.29. The van der Waals surface area contributed by atoms with Crippen molar-refractivity contribution >= 4 is 11.9 Å². The van der Waals surface area contributed by atoms with Gasteiger partial charge in [-0.1, -0.05) is 18.2 Å². The number of ether oxygens (including phenoxy) is 3. The van der Waals surface area contributed by atoms with Gasteiger partial charge in [-0.05, 0) is 26.0 Å². The third kappa shape index (κ3) is 5.30. The first kappa shape index (κ1) is 16.0. The zero-order valence-electron chi connectivity index (χ0n) is 11.8. The van der Waals surface area contributed by atoms with Crippen LogP contribution in [0.15, 0.2) is 30.3 Å². The van der Waals surface area contributed by atoms with Gasteiger partial charge in [0.25, 0.3) is 0 Å². The van der Waals surface area contributed by atoms with E-state index in [1.54, 1.807) is 13.8 Å². The summed E-state index contributed by atoms with van der Waals surface area (Å²) in [6.07, 6.45) is 0.229. The molecule has 0 aliphatic rings. The Bertz CT molecular complexity index is 398. The highest BCUT2D eigenvalue weighted by Gasteiger charge is 2.29. The minimum Gasteiger partial charge on any atom is -0.494 e. The molecular weight excluding hydrogens is 260 g/mol. The number of carbonyl (C=O) groups excluding carboxylic acids is 2. The molecule has 5 heteroatoms. The molecule has 0 amide bonds. The summed E-state index contributed by atoms with van der Waals surface area (Å²) in [7, 11) is 0. The highest BCUT2D eigenvalue weighted by atomic mass is 16.6. The Morgan fingerprint density at radius 1 is 1.00 bits per heavy atom. The number of hydrogen-bond donors (Lipinski definition) is 0. The summed E-state index contributed by atoms with van der Waals surface area (Å²) < 4.78 is 15.2. The van der Waals surface area contributed by atoms with E-state index in [0.717, 1.165) is 0 Å². The van der Waals surface area contributed by atoms with E-state index in [2.05, 4.69) is 0 Å². The Kier molecular flexibility index (Phi) is 7.17. The summed E-state index contributed by atoms with van der Waals surface area (Å²) in [4.78, 5) is 23.4. The maximum absolute atomic E-state index is 11.7. The molecule has 0 aliphatic heterocycles. The molecule has 1 aromatic rings. The molecule has 0 aromatic heterocycles. The van der Waals surface area contributed by atoms with Crippen LogP contribution in [0.1, 0.15) is 20.3 Å². The van der Waals surface area contributed by atoms with Crippen LogP contribution in [0.2, 0.25) is 0 Å². The first-order chi connectivity index (χ1) is 9.69. The highest BCUT2D eigenvalue weighted by molar-refractivity contribution is 5.94. The summed E-state index contributed by atoms with van der Waals surface area (Å²) in [5.74, 6) is -1.37. The van der Waals surface area contributed by atoms with Crippen molar-refractivity contribution < 1.29 is 23.8 Å². The van der Waals surface area contributed by atoms with E-state index in [0.29, 0.717) is 5.75 Å². The van der Waals surface area contributed by atoms with Gasteiger partial charge in [0.1, 0.15) is 5.75 Å². The van der Waals surface area contributed by atoms with Gasteiger partial charge in [-0.2, -0.15) is 0 Å². The van der Waals surface area contributed by atoms with Crippen LogP contribution >= 0.6 is 0 Å². The molecule has 0 radical (unpaired) electrons. The second kappa shape index (κ2) is 8.96. The normalized spacial score (nSPS) is 10.2. The third-order valence-corrected chi connectivity index (χ3v) is 2.56. The van der Waals surface area contributed by atoms with Crippen LogP contribution in [-0.4, -0.2) is 31.8 Å². The van der Waals surface area contributed by atoms with Gasteiger partial charge in [-0.15, -0.1) is 0 Å². The van der Waals surface area contributed by atoms with E-state index >= 15 is 0 Å². The second-order valence-corrected chi connectivity index (χ2v) is 4.01. The minimum atomic E-state index is -0.932. The molecule has 0 spiro atoms.